The largest absolute Gasteiger partial charge is 0.495 e. The third-order valence-electron chi connectivity index (χ3n) is 4.11. The molecule has 2 amide bonds. The minimum atomic E-state index is -1.25. The van der Waals surface area contributed by atoms with Gasteiger partial charge in [-0.15, -0.1) is 0 Å². The maximum atomic E-state index is 12.6. The first-order valence-electron chi connectivity index (χ1n) is 8.23. The minimum absolute atomic E-state index is 0.371. The second-order valence-electron chi connectivity index (χ2n) is 6.28. The Morgan fingerprint density at radius 2 is 1.56 bits per heavy atom. The standard InChI is InChI=1S/C20H24N2O3/c1-5-14-10-12-15(13-11-14)21-18(23)20(2,3)19(24)22-16-8-6-7-9-17(16)25-4/h6-13H,5H2,1-4H3,(H,21,23)(H,22,24). The Kier molecular flexibility index (Phi) is 5.80. The average Bonchev–Trinajstić information content (AvgIpc) is 2.62. The Morgan fingerprint density at radius 1 is 0.960 bits per heavy atom. The molecule has 2 N–H and O–H groups in total. The van der Waals surface area contributed by atoms with E-state index in [1.165, 1.54) is 12.7 Å². The molecule has 0 saturated carbocycles. The molecule has 0 atom stereocenters. The number of aryl methyl sites for hydroxylation is 1. The Labute approximate surface area is 148 Å². The number of amides is 2. The van der Waals surface area contributed by atoms with Gasteiger partial charge >= 0.3 is 0 Å². The number of para-hydroxylation sites is 2. The monoisotopic (exact) mass is 340 g/mol. The third-order valence-corrected chi connectivity index (χ3v) is 4.11. The fourth-order valence-electron chi connectivity index (χ4n) is 2.24. The zero-order chi connectivity index (χ0) is 18.4. The van der Waals surface area contributed by atoms with Crippen LogP contribution in [0, 0.1) is 5.41 Å². The van der Waals surface area contributed by atoms with Gasteiger partial charge in [-0.1, -0.05) is 31.2 Å². The topological polar surface area (TPSA) is 67.4 Å². The lowest BCUT2D eigenvalue weighted by Crippen LogP contribution is -2.41. The summed E-state index contributed by atoms with van der Waals surface area (Å²) in [5, 5.41) is 5.56. The number of hydrogen-bond donors (Lipinski definition) is 2. The van der Waals surface area contributed by atoms with Gasteiger partial charge in [0, 0.05) is 5.69 Å². The smallest absolute Gasteiger partial charge is 0.239 e. The first-order chi connectivity index (χ1) is 11.9. The summed E-state index contributed by atoms with van der Waals surface area (Å²) in [6.07, 6.45) is 0.932. The number of hydrogen-bond acceptors (Lipinski definition) is 3. The highest BCUT2D eigenvalue weighted by molar-refractivity contribution is 6.14. The van der Waals surface area contributed by atoms with Crippen LogP contribution in [0.2, 0.25) is 0 Å². The van der Waals surface area contributed by atoms with Gasteiger partial charge in [0.2, 0.25) is 11.8 Å². The minimum Gasteiger partial charge on any atom is -0.495 e. The van der Waals surface area contributed by atoms with Gasteiger partial charge in [-0.25, -0.2) is 0 Å². The maximum Gasteiger partial charge on any atom is 0.239 e. The van der Waals surface area contributed by atoms with Crippen LogP contribution in [0.5, 0.6) is 5.75 Å². The van der Waals surface area contributed by atoms with Gasteiger partial charge in [0.15, 0.2) is 0 Å². The molecule has 2 aromatic carbocycles. The van der Waals surface area contributed by atoms with Crippen molar-refractivity contribution in [1.82, 2.24) is 0 Å². The molecule has 2 rings (SSSR count). The van der Waals surface area contributed by atoms with Crippen LogP contribution in [0.25, 0.3) is 0 Å². The summed E-state index contributed by atoms with van der Waals surface area (Å²) in [6.45, 7) is 5.25. The summed E-state index contributed by atoms with van der Waals surface area (Å²) in [5.74, 6) is -0.231. The summed E-state index contributed by atoms with van der Waals surface area (Å²) in [7, 11) is 1.53. The summed E-state index contributed by atoms with van der Waals surface area (Å²) < 4.78 is 5.22. The molecule has 0 aliphatic rings. The molecule has 0 radical (unpaired) electrons. The summed E-state index contributed by atoms with van der Waals surface area (Å²) in [6, 6.07) is 14.7. The average molecular weight is 340 g/mol. The van der Waals surface area contributed by atoms with Crippen molar-refractivity contribution in [3.8, 4) is 5.75 Å². The van der Waals surface area contributed by atoms with Crippen molar-refractivity contribution >= 4 is 23.2 Å². The van der Waals surface area contributed by atoms with Crippen LogP contribution in [0.1, 0.15) is 26.3 Å². The normalized spacial score (nSPS) is 10.9. The molecular formula is C20H24N2O3. The highest BCUT2D eigenvalue weighted by atomic mass is 16.5. The van der Waals surface area contributed by atoms with Crippen molar-refractivity contribution in [3.63, 3.8) is 0 Å². The predicted molar refractivity (Wildman–Crippen MR) is 99.9 cm³/mol. The molecule has 0 bridgehead atoms. The number of ether oxygens (including phenoxy) is 1. The van der Waals surface area contributed by atoms with Gasteiger partial charge in [0.25, 0.3) is 0 Å². The fraction of sp³-hybridized carbons (Fsp3) is 0.300. The molecule has 0 aliphatic carbocycles. The van der Waals surface area contributed by atoms with Crippen LogP contribution in [-0.4, -0.2) is 18.9 Å². The van der Waals surface area contributed by atoms with E-state index in [1.54, 1.807) is 32.0 Å². The van der Waals surface area contributed by atoms with Crippen LogP contribution in [-0.2, 0) is 16.0 Å². The van der Waals surface area contributed by atoms with Gasteiger partial charge in [0.1, 0.15) is 11.2 Å². The van der Waals surface area contributed by atoms with Crippen molar-refractivity contribution in [2.24, 2.45) is 5.41 Å². The number of carbonyl (C=O) groups excluding carboxylic acids is 2. The molecule has 0 aliphatic heterocycles. The number of carbonyl (C=O) groups is 2. The maximum absolute atomic E-state index is 12.6. The zero-order valence-corrected chi connectivity index (χ0v) is 15.1. The molecule has 5 heteroatoms. The van der Waals surface area contributed by atoms with E-state index in [4.69, 9.17) is 4.74 Å². The Morgan fingerprint density at radius 3 is 2.16 bits per heavy atom. The number of methoxy groups -OCH3 is 1. The molecule has 0 unspecified atom stereocenters. The van der Waals surface area contributed by atoms with Crippen molar-refractivity contribution < 1.29 is 14.3 Å². The first kappa shape index (κ1) is 18.5. The number of nitrogens with one attached hydrogen (secondary N) is 2. The molecule has 5 nitrogen and oxygen atoms in total. The van der Waals surface area contributed by atoms with Crippen LogP contribution < -0.4 is 15.4 Å². The summed E-state index contributed by atoms with van der Waals surface area (Å²) in [4.78, 5) is 25.2. The Balaban J connectivity index is 2.09. The second-order valence-corrected chi connectivity index (χ2v) is 6.28. The van der Waals surface area contributed by atoms with Crippen molar-refractivity contribution in [3.05, 3.63) is 54.1 Å². The highest BCUT2D eigenvalue weighted by Gasteiger charge is 2.36. The molecule has 132 valence electrons. The lowest BCUT2D eigenvalue weighted by atomic mass is 9.90. The zero-order valence-electron chi connectivity index (χ0n) is 15.1. The van der Waals surface area contributed by atoms with Gasteiger partial charge in [-0.2, -0.15) is 0 Å². The summed E-state index contributed by atoms with van der Waals surface area (Å²) >= 11 is 0. The quantitative estimate of drug-likeness (QED) is 0.785. The number of anilines is 2. The van der Waals surface area contributed by atoms with E-state index in [9.17, 15) is 9.59 Å². The molecule has 2 aromatic rings. The second kappa shape index (κ2) is 7.83. The van der Waals surface area contributed by atoms with Crippen molar-refractivity contribution in [2.45, 2.75) is 27.2 Å². The molecule has 0 aromatic heterocycles. The predicted octanol–water partition coefficient (Wildman–Crippen LogP) is 3.86. The van der Waals surface area contributed by atoms with Crippen molar-refractivity contribution in [1.29, 1.82) is 0 Å². The van der Waals surface area contributed by atoms with Crippen LogP contribution in [0.3, 0.4) is 0 Å². The van der Waals surface area contributed by atoms with Gasteiger partial charge in [-0.3, -0.25) is 9.59 Å². The molecule has 0 spiro atoms. The van der Waals surface area contributed by atoms with E-state index in [0.717, 1.165) is 6.42 Å². The van der Waals surface area contributed by atoms with Crippen LogP contribution in [0.15, 0.2) is 48.5 Å². The van der Waals surface area contributed by atoms with Crippen LogP contribution in [0.4, 0.5) is 11.4 Å². The van der Waals surface area contributed by atoms with Gasteiger partial charge in [0.05, 0.1) is 12.8 Å². The fourth-order valence-corrected chi connectivity index (χ4v) is 2.24. The molecule has 0 saturated heterocycles. The van der Waals surface area contributed by atoms with Gasteiger partial charge in [-0.05, 0) is 50.1 Å². The van der Waals surface area contributed by atoms with E-state index < -0.39 is 11.3 Å². The number of benzene rings is 2. The highest BCUT2D eigenvalue weighted by Crippen LogP contribution is 2.27. The summed E-state index contributed by atoms with van der Waals surface area (Å²) in [5.41, 5.74) is 1.14. The van der Waals surface area contributed by atoms with Crippen LogP contribution >= 0.6 is 0 Å². The molecule has 0 fully saturated rings. The SMILES string of the molecule is CCc1ccc(NC(=O)C(C)(C)C(=O)Nc2ccccc2OC)cc1. The van der Waals surface area contributed by atoms with E-state index in [-0.39, 0.29) is 5.91 Å². The molecule has 25 heavy (non-hydrogen) atoms. The Bertz CT molecular complexity index is 752. The van der Waals surface area contributed by atoms with E-state index in [1.807, 2.05) is 30.3 Å². The first-order valence-corrected chi connectivity index (χ1v) is 8.23. The molecule has 0 heterocycles. The van der Waals surface area contributed by atoms with E-state index in [0.29, 0.717) is 17.1 Å². The third kappa shape index (κ3) is 4.38. The van der Waals surface area contributed by atoms with E-state index >= 15 is 0 Å². The van der Waals surface area contributed by atoms with E-state index in [2.05, 4.69) is 17.6 Å². The van der Waals surface area contributed by atoms with Gasteiger partial charge < -0.3 is 15.4 Å². The lowest BCUT2D eigenvalue weighted by molar-refractivity contribution is -0.135. The molecular weight excluding hydrogens is 316 g/mol. The van der Waals surface area contributed by atoms with Crippen molar-refractivity contribution in [2.75, 3.05) is 17.7 Å². The number of rotatable bonds is 6. The lowest BCUT2D eigenvalue weighted by Gasteiger charge is -2.23. The Hall–Kier alpha value is -2.82.